The van der Waals surface area contributed by atoms with E-state index in [4.69, 9.17) is 4.74 Å². The Balaban J connectivity index is 1.60. The number of aromatic nitrogens is 3. The Bertz CT molecular complexity index is 1010. The summed E-state index contributed by atoms with van der Waals surface area (Å²) in [5.41, 5.74) is -0.264. The normalized spacial score (nSPS) is 17.1. The number of anilines is 1. The van der Waals surface area contributed by atoms with Crippen molar-refractivity contribution in [2.75, 3.05) is 11.9 Å². The van der Waals surface area contributed by atoms with Gasteiger partial charge in [0.1, 0.15) is 21.8 Å². The summed E-state index contributed by atoms with van der Waals surface area (Å²) in [7, 11) is 0. The first-order chi connectivity index (χ1) is 12.1. The molecule has 2 N–H and O–H groups in total. The summed E-state index contributed by atoms with van der Waals surface area (Å²) >= 11 is 1.22. The van der Waals surface area contributed by atoms with Crippen LogP contribution in [0.25, 0.3) is 10.9 Å². The van der Waals surface area contributed by atoms with Crippen LogP contribution in [-0.2, 0) is 4.74 Å². The highest BCUT2D eigenvalue weighted by atomic mass is 32.1. The molecule has 0 spiro atoms. The highest BCUT2D eigenvalue weighted by Gasteiger charge is 2.23. The molecule has 7 nitrogen and oxygen atoms in total. The Kier molecular flexibility index (Phi) is 4.02. The molecule has 3 aromatic rings. The molecule has 3 heterocycles. The van der Waals surface area contributed by atoms with Crippen LogP contribution < -0.4 is 10.9 Å². The average Bonchev–Trinajstić information content (AvgIpc) is 3.27. The molecule has 1 fully saturated rings. The van der Waals surface area contributed by atoms with Crippen molar-refractivity contribution < 1.29 is 13.9 Å². The maximum Gasteiger partial charge on any atom is 0.267 e. The largest absolute Gasteiger partial charge is 0.371 e. The van der Waals surface area contributed by atoms with E-state index in [-0.39, 0.29) is 22.7 Å². The summed E-state index contributed by atoms with van der Waals surface area (Å²) in [4.78, 5) is 35.1. The molecule has 2 aromatic heterocycles. The minimum absolute atomic E-state index is 0.0754. The lowest BCUT2D eigenvalue weighted by molar-refractivity contribution is 0.103. The monoisotopic (exact) mass is 360 g/mol. The van der Waals surface area contributed by atoms with Crippen LogP contribution in [0.2, 0.25) is 0 Å². The minimum atomic E-state index is -0.664. The van der Waals surface area contributed by atoms with Crippen LogP contribution in [0.4, 0.5) is 10.1 Å². The molecule has 1 atom stereocenters. The summed E-state index contributed by atoms with van der Waals surface area (Å²) in [6.45, 7) is 0.691. The molecule has 9 heteroatoms. The zero-order chi connectivity index (χ0) is 17.4. The Morgan fingerprint density at radius 1 is 1.40 bits per heavy atom. The van der Waals surface area contributed by atoms with Crippen molar-refractivity contribution in [1.29, 1.82) is 0 Å². The zero-order valence-corrected chi connectivity index (χ0v) is 13.7. The van der Waals surface area contributed by atoms with Crippen LogP contribution in [0.15, 0.2) is 29.5 Å². The smallest absolute Gasteiger partial charge is 0.267 e. The average molecular weight is 360 g/mol. The Morgan fingerprint density at radius 3 is 3.08 bits per heavy atom. The molecular formula is C16H13FN4O3S. The molecule has 1 saturated heterocycles. The number of hydrogen-bond acceptors (Lipinski definition) is 6. The number of H-pyrrole nitrogens is 1. The Hall–Kier alpha value is -2.65. The van der Waals surface area contributed by atoms with Crippen molar-refractivity contribution in [1.82, 2.24) is 15.0 Å². The number of benzene rings is 1. The fraction of sp³-hybridized carbons (Fsp3) is 0.250. The summed E-state index contributed by atoms with van der Waals surface area (Å²) in [5.74, 6) is -1.15. The summed E-state index contributed by atoms with van der Waals surface area (Å²) in [6, 6.07) is 2.39. The van der Waals surface area contributed by atoms with E-state index in [1.54, 1.807) is 0 Å². The van der Waals surface area contributed by atoms with Gasteiger partial charge in [-0.25, -0.2) is 14.4 Å². The number of fused-ring (bicyclic) bond motifs is 1. The lowest BCUT2D eigenvalue weighted by Gasteiger charge is -2.06. The van der Waals surface area contributed by atoms with E-state index in [9.17, 15) is 14.0 Å². The molecular weight excluding hydrogens is 347 g/mol. The standard InChI is InChI=1S/C16H13FN4O3S/c17-9-5-10-8(14(22)20-7-19-10)4-11(9)21-15(23)13-6-18-16(25-13)12-2-1-3-24-12/h4-7,12H,1-3H2,(H,21,23)(H,19,20,22). The fourth-order valence-corrected chi connectivity index (χ4v) is 3.58. The van der Waals surface area contributed by atoms with Gasteiger partial charge in [0, 0.05) is 12.7 Å². The van der Waals surface area contributed by atoms with Gasteiger partial charge in [-0.2, -0.15) is 0 Å². The Morgan fingerprint density at radius 2 is 2.28 bits per heavy atom. The summed E-state index contributed by atoms with van der Waals surface area (Å²) < 4.78 is 19.7. The number of amides is 1. The van der Waals surface area contributed by atoms with Crippen LogP contribution in [0.5, 0.6) is 0 Å². The van der Waals surface area contributed by atoms with Gasteiger partial charge in [0.25, 0.3) is 11.5 Å². The van der Waals surface area contributed by atoms with Crippen LogP contribution in [-0.4, -0.2) is 27.5 Å². The number of hydrogen-bond donors (Lipinski definition) is 2. The molecule has 1 aromatic carbocycles. The molecule has 128 valence electrons. The van der Waals surface area contributed by atoms with Gasteiger partial charge in [-0.1, -0.05) is 0 Å². The van der Waals surface area contributed by atoms with E-state index in [0.717, 1.165) is 23.9 Å². The third-order valence-electron chi connectivity index (χ3n) is 3.93. The number of nitrogens with zero attached hydrogens (tertiary/aromatic N) is 2. The van der Waals surface area contributed by atoms with Gasteiger partial charge in [-0.05, 0) is 18.9 Å². The number of thiazole rings is 1. The first-order valence-corrected chi connectivity index (χ1v) is 8.49. The number of rotatable bonds is 3. The molecule has 0 radical (unpaired) electrons. The van der Waals surface area contributed by atoms with Gasteiger partial charge in [-0.15, -0.1) is 11.3 Å². The number of carbonyl (C=O) groups is 1. The molecule has 1 aliphatic heterocycles. The highest BCUT2D eigenvalue weighted by molar-refractivity contribution is 7.13. The van der Waals surface area contributed by atoms with E-state index < -0.39 is 17.3 Å². The van der Waals surface area contributed by atoms with Gasteiger partial charge in [0.15, 0.2) is 0 Å². The van der Waals surface area contributed by atoms with Gasteiger partial charge in [0.2, 0.25) is 0 Å². The SMILES string of the molecule is O=C(Nc1cc2c(=O)[nH]cnc2cc1F)c1cnc(C2CCCO2)s1. The van der Waals surface area contributed by atoms with Gasteiger partial charge >= 0.3 is 0 Å². The third kappa shape index (κ3) is 3.03. The number of ether oxygens (including phenoxy) is 1. The molecule has 25 heavy (non-hydrogen) atoms. The van der Waals surface area contributed by atoms with E-state index in [1.165, 1.54) is 29.9 Å². The fourth-order valence-electron chi connectivity index (χ4n) is 2.68. The molecule has 0 saturated carbocycles. The lowest BCUT2D eigenvalue weighted by atomic mass is 10.2. The quantitative estimate of drug-likeness (QED) is 0.748. The predicted molar refractivity (Wildman–Crippen MR) is 90.3 cm³/mol. The van der Waals surface area contributed by atoms with Crippen LogP contribution in [0.3, 0.4) is 0 Å². The molecule has 1 amide bonds. The summed E-state index contributed by atoms with van der Waals surface area (Å²) in [6.07, 6.45) is 4.42. The van der Waals surface area contributed by atoms with Crippen molar-refractivity contribution in [3.63, 3.8) is 0 Å². The first kappa shape index (κ1) is 15.9. The maximum absolute atomic E-state index is 14.2. The predicted octanol–water partition coefficient (Wildman–Crippen LogP) is 2.62. The van der Waals surface area contributed by atoms with Crippen molar-refractivity contribution in [3.05, 3.63) is 50.7 Å². The van der Waals surface area contributed by atoms with Crippen molar-refractivity contribution >= 4 is 33.8 Å². The molecule has 0 bridgehead atoms. The second kappa shape index (κ2) is 6.34. The van der Waals surface area contributed by atoms with Gasteiger partial charge in [-0.3, -0.25) is 9.59 Å². The van der Waals surface area contributed by atoms with Gasteiger partial charge in [0.05, 0.1) is 29.1 Å². The summed E-state index contributed by atoms with van der Waals surface area (Å²) in [5, 5.41) is 3.42. The highest BCUT2D eigenvalue weighted by Crippen LogP contribution is 2.31. The molecule has 1 unspecified atom stereocenters. The van der Waals surface area contributed by atoms with Crippen molar-refractivity contribution in [3.8, 4) is 0 Å². The maximum atomic E-state index is 14.2. The molecule has 0 aliphatic carbocycles. The van der Waals surface area contributed by atoms with Crippen molar-refractivity contribution in [2.45, 2.75) is 18.9 Å². The number of halogens is 1. The number of aromatic amines is 1. The van der Waals surface area contributed by atoms with Crippen LogP contribution in [0, 0.1) is 5.82 Å². The number of nitrogens with one attached hydrogen (secondary N) is 2. The topological polar surface area (TPSA) is 97.0 Å². The van der Waals surface area contributed by atoms with Gasteiger partial charge < -0.3 is 15.0 Å². The first-order valence-electron chi connectivity index (χ1n) is 7.67. The van der Waals surface area contributed by atoms with E-state index >= 15 is 0 Å². The van der Waals surface area contributed by atoms with E-state index in [2.05, 4.69) is 20.3 Å². The van der Waals surface area contributed by atoms with Crippen LogP contribution >= 0.6 is 11.3 Å². The zero-order valence-electron chi connectivity index (χ0n) is 12.9. The lowest BCUT2D eigenvalue weighted by Crippen LogP contribution is -2.13. The number of carbonyl (C=O) groups excluding carboxylic acids is 1. The Labute approximate surface area is 144 Å². The van der Waals surface area contributed by atoms with Crippen LogP contribution in [0.1, 0.15) is 33.6 Å². The second-order valence-electron chi connectivity index (χ2n) is 5.60. The second-order valence-corrected chi connectivity index (χ2v) is 6.66. The molecule has 1 aliphatic rings. The van der Waals surface area contributed by atoms with E-state index in [0.29, 0.717) is 11.5 Å². The van der Waals surface area contributed by atoms with E-state index in [1.807, 2.05) is 0 Å². The van der Waals surface area contributed by atoms with Crippen molar-refractivity contribution in [2.24, 2.45) is 0 Å². The minimum Gasteiger partial charge on any atom is -0.371 e. The molecule has 4 rings (SSSR count). The third-order valence-corrected chi connectivity index (χ3v) is 5.02.